The van der Waals surface area contributed by atoms with Crippen molar-refractivity contribution in [2.45, 2.75) is 19.5 Å². The molecule has 0 spiro atoms. The molecular weight excluding hydrogens is 391 g/mol. The van der Waals surface area contributed by atoms with E-state index < -0.39 is 0 Å². The lowest BCUT2D eigenvalue weighted by Crippen LogP contribution is -2.31. The van der Waals surface area contributed by atoms with Gasteiger partial charge in [0, 0.05) is 67.7 Å². The number of nitrogens with zero attached hydrogens (tertiary/aromatic N) is 5. The first kappa shape index (κ1) is 19.3. The van der Waals surface area contributed by atoms with Crippen LogP contribution in [0.15, 0.2) is 73.3 Å². The quantitative estimate of drug-likeness (QED) is 0.525. The van der Waals surface area contributed by atoms with E-state index in [9.17, 15) is 4.39 Å². The van der Waals surface area contributed by atoms with Crippen LogP contribution in [0.1, 0.15) is 16.8 Å². The van der Waals surface area contributed by atoms with Crippen molar-refractivity contribution in [3.63, 3.8) is 0 Å². The highest BCUT2D eigenvalue weighted by Crippen LogP contribution is 2.30. The first-order valence-corrected chi connectivity index (χ1v) is 10.2. The van der Waals surface area contributed by atoms with Gasteiger partial charge >= 0.3 is 0 Å². The number of pyridine rings is 2. The summed E-state index contributed by atoms with van der Waals surface area (Å²) in [6.45, 7) is 2.41. The van der Waals surface area contributed by atoms with Gasteiger partial charge in [0.25, 0.3) is 0 Å². The predicted molar refractivity (Wildman–Crippen MR) is 117 cm³/mol. The Morgan fingerprint density at radius 3 is 2.68 bits per heavy atom. The molecule has 0 radical (unpaired) electrons. The molecule has 1 aliphatic heterocycles. The second-order valence-corrected chi connectivity index (χ2v) is 7.51. The van der Waals surface area contributed by atoms with Crippen LogP contribution in [0.5, 0.6) is 0 Å². The standard InChI is InChI=1S/C24H21FN6/c25-19-4-1-5-20(13-19)28-24-21-16-31(15-17-3-2-9-27-14-17)12-8-22(21)29-23(30-24)18-6-10-26-11-7-18/h1-7,9-11,13-14H,8,12,15-16H2,(H,28,29,30). The molecule has 0 saturated carbocycles. The topological polar surface area (TPSA) is 66.8 Å². The number of hydrogen-bond acceptors (Lipinski definition) is 6. The first-order chi connectivity index (χ1) is 15.2. The lowest BCUT2D eigenvalue weighted by atomic mass is 10.0. The van der Waals surface area contributed by atoms with E-state index in [0.717, 1.165) is 36.3 Å². The first-order valence-electron chi connectivity index (χ1n) is 10.2. The van der Waals surface area contributed by atoms with Crippen molar-refractivity contribution in [3.05, 3.63) is 96.0 Å². The SMILES string of the molecule is Fc1cccc(Nc2nc(-c3ccncc3)nc3c2CN(Cc2cccnc2)CC3)c1. The van der Waals surface area contributed by atoms with Crippen LogP contribution in [0, 0.1) is 5.82 Å². The summed E-state index contributed by atoms with van der Waals surface area (Å²) >= 11 is 0. The van der Waals surface area contributed by atoms with Crippen LogP contribution in [0.3, 0.4) is 0 Å². The van der Waals surface area contributed by atoms with Crippen molar-refractivity contribution in [2.75, 3.05) is 11.9 Å². The molecule has 4 heterocycles. The van der Waals surface area contributed by atoms with E-state index in [-0.39, 0.29) is 5.82 Å². The fourth-order valence-electron chi connectivity index (χ4n) is 3.79. The Labute approximate surface area is 179 Å². The maximum atomic E-state index is 13.8. The molecule has 31 heavy (non-hydrogen) atoms. The van der Waals surface area contributed by atoms with Gasteiger partial charge in [0.15, 0.2) is 5.82 Å². The number of fused-ring (bicyclic) bond motifs is 1. The van der Waals surface area contributed by atoms with Crippen molar-refractivity contribution >= 4 is 11.5 Å². The van der Waals surface area contributed by atoms with Gasteiger partial charge in [0.2, 0.25) is 0 Å². The fraction of sp³-hybridized carbons (Fsp3) is 0.167. The molecule has 3 aromatic heterocycles. The highest BCUT2D eigenvalue weighted by molar-refractivity contribution is 5.65. The van der Waals surface area contributed by atoms with E-state index in [4.69, 9.17) is 9.97 Å². The van der Waals surface area contributed by atoms with E-state index in [1.165, 1.54) is 17.7 Å². The van der Waals surface area contributed by atoms with Gasteiger partial charge in [-0.1, -0.05) is 12.1 Å². The van der Waals surface area contributed by atoms with Gasteiger partial charge in [-0.3, -0.25) is 14.9 Å². The van der Waals surface area contributed by atoms with Crippen molar-refractivity contribution in [1.29, 1.82) is 0 Å². The third-order valence-corrected chi connectivity index (χ3v) is 5.29. The van der Waals surface area contributed by atoms with Crippen molar-refractivity contribution in [1.82, 2.24) is 24.8 Å². The van der Waals surface area contributed by atoms with Crippen LogP contribution >= 0.6 is 0 Å². The van der Waals surface area contributed by atoms with Gasteiger partial charge in [-0.15, -0.1) is 0 Å². The molecule has 1 aromatic carbocycles. The van der Waals surface area contributed by atoms with E-state index in [1.807, 2.05) is 30.5 Å². The molecule has 154 valence electrons. The number of anilines is 2. The van der Waals surface area contributed by atoms with Crippen molar-refractivity contribution in [2.24, 2.45) is 0 Å². The summed E-state index contributed by atoms with van der Waals surface area (Å²) in [5.41, 5.74) is 4.78. The monoisotopic (exact) mass is 412 g/mol. The molecule has 4 aromatic rings. The fourth-order valence-corrected chi connectivity index (χ4v) is 3.79. The number of nitrogens with one attached hydrogen (secondary N) is 1. The zero-order valence-electron chi connectivity index (χ0n) is 16.9. The Morgan fingerprint density at radius 1 is 0.968 bits per heavy atom. The van der Waals surface area contributed by atoms with Crippen LogP contribution in [0.2, 0.25) is 0 Å². The highest BCUT2D eigenvalue weighted by Gasteiger charge is 2.23. The summed E-state index contributed by atoms with van der Waals surface area (Å²) < 4.78 is 13.8. The van der Waals surface area contributed by atoms with Gasteiger partial charge in [-0.05, 0) is 42.0 Å². The average Bonchev–Trinajstić information content (AvgIpc) is 2.80. The van der Waals surface area contributed by atoms with Gasteiger partial charge < -0.3 is 5.32 Å². The number of benzene rings is 1. The molecule has 0 aliphatic carbocycles. The van der Waals surface area contributed by atoms with Crippen LogP contribution in [0.4, 0.5) is 15.9 Å². The number of aromatic nitrogens is 4. The van der Waals surface area contributed by atoms with Crippen molar-refractivity contribution in [3.8, 4) is 11.4 Å². The Bertz CT molecular complexity index is 1180. The van der Waals surface area contributed by atoms with E-state index in [1.54, 1.807) is 24.7 Å². The average molecular weight is 412 g/mol. The smallest absolute Gasteiger partial charge is 0.161 e. The number of rotatable bonds is 5. The predicted octanol–water partition coefficient (Wildman–Crippen LogP) is 4.37. The molecule has 0 saturated heterocycles. The highest BCUT2D eigenvalue weighted by atomic mass is 19.1. The third kappa shape index (κ3) is 4.41. The van der Waals surface area contributed by atoms with Crippen molar-refractivity contribution < 1.29 is 4.39 Å². The Balaban J connectivity index is 1.51. The third-order valence-electron chi connectivity index (χ3n) is 5.29. The number of halogens is 1. The second kappa shape index (κ2) is 8.57. The summed E-state index contributed by atoms with van der Waals surface area (Å²) in [4.78, 5) is 20.3. The lowest BCUT2D eigenvalue weighted by molar-refractivity contribution is 0.243. The molecule has 0 unspecified atom stereocenters. The Morgan fingerprint density at radius 2 is 1.87 bits per heavy atom. The van der Waals surface area contributed by atoms with Gasteiger partial charge in [-0.2, -0.15) is 0 Å². The molecular formula is C24H21FN6. The molecule has 5 rings (SSSR count). The van der Waals surface area contributed by atoms with Gasteiger partial charge in [0.1, 0.15) is 11.6 Å². The summed E-state index contributed by atoms with van der Waals surface area (Å²) in [7, 11) is 0. The van der Waals surface area contributed by atoms with Crippen LogP contribution < -0.4 is 5.32 Å². The van der Waals surface area contributed by atoms with E-state index in [0.29, 0.717) is 23.9 Å². The minimum Gasteiger partial charge on any atom is -0.340 e. The second-order valence-electron chi connectivity index (χ2n) is 7.51. The minimum absolute atomic E-state index is 0.291. The normalized spacial score (nSPS) is 13.6. The molecule has 0 bridgehead atoms. The van der Waals surface area contributed by atoms with Crippen LogP contribution in [-0.4, -0.2) is 31.4 Å². The lowest BCUT2D eigenvalue weighted by Gasteiger charge is -2.29. The van der Waals surface area contributed by atoms with E-state index >= 15 is 0 Å². The summed E-state index contributed by atoms with van der Waals surface area (Å²) in [5.74, 6) is 1.06. The van der Waals surface area contributed by atoms with Gasteiger partial charge in [-0.25, -0.2) is 14.4 Å². The molecule has 1 N–H and O–H groups in total. The van der Waals surface area contributed by atoms with Crippen LogP contribution in [0.25, 0.3) is 11.4 Å². The maximum absolute atomic E-state index is 13.8. The molecule has 6 nitrogen and oxygen atoms in total. The minimum atomic E-state index is -0.291. The maximum Gasteiger partial charge on any atom is 0.161 e. The van der Waals surface area contributed by atoms with Gasteiger partial charge in [0.05, 0.1) is 5.69 Å². The molecule has 7 heteroatoms. The summed E-state index contributed by atoms with van der Waals surface area (Å²) in [6, 6.07) is 14.2. The zero-order chi connectivity index (χ0) is 21.0. The summed E-state index contributed by atoms with van der Waals surface area (Å²) in [5, 5.41) is 3.32. The molecule has 0 atom stereocenters. The Kier molecular flexibility index (Phi) is 5.33. The molecule has 1 aliphatic rings. The largest absolute Gasteiger partial charge is 0.340 e. The van der Waals surface area contributed by atoms with E-state index in [2.05, 4.69) is 26.3 Å². The van der Waals surface area contributed by atoms with Crippen LogP contribution in [-0.2, 0) is 19.5 Å². The zero-order valence-corrected chi connectivity index (χ0v) is 16.9. The number of hydrogen-bond donors (Lipinski definition) is 1. The molecule has 0 fully saturated rings. The Hall–Kier alpha value is -3.71. The summed E-state index contributed by atoms with van der Waals surface area (Å²) in [6.07, 6.45) is 7.95. The molecule has 0 amide bonds.